The Bertz CT molecular complexity index is 537. The number of aryl methyl sites for hydroxylation is 2. The van der Waals surface area contributed by atoms with Gasteiger partial charge in [0.15, 0.2) is 0 Å². The van der Waals surface area contributed by atoms with E-state index in [9.17, 15) is 0 Å². The SMILES string of the molecule is C[C@@H]([NH3+])Cc1c[nH]c2c3c(ccc12)CCCC3. The zero-order valence-electron chi connectivity index (χ0n) is 10.6. The minimum Gasteiger partial charge on any atom is -0.361 e. The molecule has 0 saturated carbocycles. The van der Waals surface area contributed by atoms with E-state index in [0.29, 0.717) is 6.04 Å². The Morgan fingerprint density at radius 3 is 2.94 bits per heavy atom. The Balaban J connectivity index is 2.12. The van der Waals surface area contributed by atoms with Crippen molar-refractivity contribution in [1.82, 2.24) is 4.98 Å². The third kappa shape index (κ3) is 1.87. The highest BCUT2D eigenvalue weighted by molar-refractivity contribution is 5.87. The maximum absolute atomic E-state index is 4.09. The van der Waals surface area contributed by atoms with E-state index in [-0.39, 0.29) is 0 Å². The van der Waals surface area contributed by atoms with Crippen molar-refractivity contribution in [3.8, 4) is 0 Å². The number of quaternary nitrogens is 1. The fourth-order valence-corrected chi connectivity index (χ4v) is 3.04. The van der Waals surface area contributed by atoms with Crippen molar-refractivity contribution in [2.45, 2.75) is 45.1 Å². The molecule has 1 aliphatic carbocycles. The number of rotatable bonds is 2. The molecule has 0 radical (unpaired) electrons. The summed E-state index contributed by atoms with van der Waals surface area (Å²) >= 11 is 0. The number of hydrogen-bond donors (Lipinski definition) is 2. The van der Waals surface area contributed by atoms with Crippen LogP contribution in [-0.2, 0) is 19.3 Å². The van der Waals surface area contributed by atoms with Gasteiger partial charge in [0.25, 0.3) is 0 Å². The molecule has 0 saturated heterocycles. The molecule has 1 atom stereocenters. The largest absolute Gasteiger partial charge is 0.361 e. The summed E-state index contributed by atoms with van der Waals surface area (Å²) in [6.45, 7) is 2.18. The molecule has 0 spiro atoms. The van der Waals surface area contributed by atoms with Gasteiger partial charge in [0.1, 0.15) is 0 Å². The molecule has 90 valence electrons. The molecule has 0 fully saturated rings. The second-order valence-electron chi connectivity index (χ2n) is 5.46. The number of fused-ring (bicyclic) bond motifs is 3. The summed E-state index contributed by atoms with van der Waals surface area (Å²) in [6, 6.07) is 5.11. The van der Waals surface area contributed by atoms with Crippen molar-refractivity contribution < 1.29 is 5.73 Å². The maximum atomic E-state index is 4.09. The summed E-state index contributed by atoms with van der Waals surface area (Å²) in [6.07, 6.45) is 8.44. The number of benzene rings is 1. The van der Waals surface area contributed by atoms with Gasteiger partial charge < -0.3 is 10.7 Å². The van der Waals surface area contributed by atoms with Crippen molar-refractivity contribution in [2.24, 2.45) is 0 Å². The van der Waals surface area contributed by atoms with Gasteiger partial charge in [-0.3, -0.25) is 0 Å². The molecule has 1 aromatic carbocycles. The predicted molar refractivity (Wildman–Crippen MR) is 71.0 cm³/mol. The second kappa shape index (κ2) is 4.19. The van der Waals surface area contributed by atoms with E-state index in [1.807, 2.05) is 0 Å². The molecule has 2 heteroatoms. The van der Waals surface area contributed by atoms with Gasteiger partial charge in [-0.1, -0.05) is 12.1 Å². The third-order valence-electron chi connectivity index (χ3n) is 3.84. The molecule has 17 heavy (non-hydrogen) atoms. The Labute approximate surface area is 102 Å². The zero-order valence-corrected chi connectivity index (χ0v) is 10.6. The van der Waals surface area contributed by atoms with Crippen LogP contribution in [0.2, 0.25) is 0 Å². The Kier molecular flexibility index (Phi) is 2.67. The van der Waals surface area contributed by atoms with E-state index in [1.54, 1.807) is 11.1 Å². The number of hydrogen-bond acceptors (Lipinski definition) is 0. The van der Waals surface area contributed by atoms with E-state index in [4.69, 9.17) is 0 Å². The number of aromatic nitrogens is 1. The molecular weight excluding hydrogens is 208 g/mol. The van der Waals surface area contributed by atoms with Crippen molar-refractivity contribution in [2.75, 3.05) is 0 Å². The molecule has 1 heterocycles. The van der Waals surface area contributed by atoms with Crippen LogP contribution in [0.4, 0.5) is 0 Å². The van der Waals surface area contributed by atoms with Gasteiger partial charge in [-0.2, -0.15) is 0 Å². The fourth-order valence-electron chi connectivity index (χ4n) is 3.04. The predicted octanol–water partition coefficient (Wildman–Crippen LogP) is 2.22. The second-order valence-corrected chi connectivity index (χ2v) is 5.46. The van der Waals surface area contributed by atoms with Crippen LogP contribution in [-0.4, -0.2) is 11.0 Å². The summed E-state index contributed by atoms with van der Waals surface area (Å²) in [4.78, 5) is 3.49. The summed E-state index contributed by atoms with van der Waals surface area (Å²) < 4.78 is 0. The lowest BCUT2D eigenvalue weighted by Crippen LogP contribution is -2.60. The number of nitrogens with one attached hydrogen (secondary N) is 1. The highest BCUT2D eigenvalue weighted by Crippen LogP contribution is 2.30. The molecule has 4 N–H and O–H groups in total. The van der Waals surface area contributed by atoms with Crippen LogP contribution in [0.15, 0.2) is 18.3 Å². The van der Waals surface area contributed by atoms with Gasteiger partial charge in [-0.05, 0) is 49.3 Å². The fraction of sp³-hybridized carbons (Fsp3) is 0.467. The first kappa shape index (κ1) is 10.8. The highest BCUT2D eigenvalue weighted by atomic mass is 14.7. The van der Waals surface area contributed by atoms with Crippen molar-refractivity contribution in [3.63, 3.8) is 0 Å². The van der Waals surface area contributed by atoms with E-state index in [1.165, 1.54) is 42.1 Å². The third-order valence-corrected chi connectivity index (χ3v) is 3.84. The van der Waals surface area contributed by atoms with Crippen LogP contribution < -0.4 is 5.73 Å². The average Bonchev–Trinajstić information content (AvgIpc) is 2.72. The molecule has 0 bridgehead atoms. The van der Waals surface area contributed by atoms with Crippen LogP contribution in [0.25, 0.3) is 10.9 Å². The average molecular weight is 229 g/mol. The molecule has 0 aliphatic heterocycles. The lowest BCUT2D eigenvalue weighted by molar-refractivity contribution is -0.413. The van der Waals surface area contributed by atoms with Crippen LogP contribution >= 0.6 is 0 Å². The Morgan fingerprint density at radius 1 is 1.29 bits per heavy atom. The number of aromatic amines is 1. The zero-order chi connectivity index (χ0) is 11.8. The minimum absolute atomic E-state index is 0.477. The van der Waals surface area contributed by atoms with Crippen molar-refractivity contribution >= 4 is 10.9 Å². The minimum atomic E-state index is 0.477. The van der Waals surface area contributed by atoms with Gasteiger partial charge in [-0.25, -0.2) is 0 Å². The normalized spacial score (nSPS) is 17.1. The lowest BCUT2D eigenvalue weighted by Gasteiger charge is -2.16. The molecule has 0 unspecified atom stereocenters. The lowest BCUT2D eigenvalue weighted by atomic mass is 9.89. The summed E-state index contributed by atoms with van der Waals surface area (Å²) in [7, 11) is 0. The van der Waals surface area contributed by atoms with Crippen molar-refractivity contribution in [1.29, 1.82) is 0 Å². The topological polar surface area (TPSA) is 43.4 Å². The Hall–Kier alpha value is -1.28. The van der Waals surface area contributed by atoms with Crippen molar-refractivity contribution in [3.05, 3.63) is 35.0 Å². The van der Waals surface area contributed by atoms with Gasteiger partial charge in [0.05, 0.1) is 6.04 Å². The first-order valence-electron chi connectivity index (χ1n) is 6.69. The van der Waals surface area contributed by atoms with Crippen LogP contribution in [0, 0.1) is 0 Å². The maximum Gasteiger partial charge on any atom is 0.0856 e. The molecule has 1 aliphatic rings. The first-order chi connectivity index (χ1) is 8.25. The highest BCUT2D eigenvalue weighted by Gasteiger charge is 2.15. The monoisotopic (exact) mass is 229 g/mol. The van der Waals surface area contributed by atoms with Gasteiger partial charge in [-0.15, -0.1) is 0 Å². The van der Waals surface area contributed by atoms with Gasteiger partial charge in [0.2, 0.25) is 0 Å². The quantitative estimate of drug-likeness (QED) is 0.793. The van der Waals surface area contributed by atoms with Crippen LogP contribution in [0.3, 0.4) is 0 Å². The standard InChI is InChI=1S/C15H20N2/c1-10(16)8-12-9-17-15-13-5-3-2-4-11(13)6-7-14(12)15/h6-7,9-10,17H,2-5,8,16H2,1H3/p+1/t10-/m1/s1. The summed E-state index contributed by atoms with van der Waals surface area (Å²) in [5.41, 5.74) is 10.0. The summed E-state index contributed by atoms with van der Waals surface area (Å²) in [5.74, 6) is 0. The summed E-state index contributed by atoms with van der Waals surface area (Å²) in [5, 5.41) is 1.42. The molecule has 0 amide bonds. The van der Waals surface area contributed by atoms with E-state index >= 15 is 0 Å². The van der Waals surface area contributed by atoms with E-state index in [0.717, 1.165) is 6.42 Å². The van der Waals surface area contributed by atoms with Gasteiger partial charge in [0, 0.05) is 23.5 Å². The van der Waals surface area contributed by atoms with E-state index < -0.39 is 0 Å². The molecular formula is C15H21N2+. The Morgan fingerprint density at radius 2 is 2.12 bits per heavy atom. The van der Waals surface area contributed by atoms with E-state index in [2.05, 4.69) is 36.0 Å². The molecule has 3 rings (SSSR count). The van der Waals surface area contributed by atoms with Crippen LogP contribution in [0.5, 0.6) is 0 Å². The molecule has 2 aromatic rings. The first-order valence-corrected chi connectivity index (χ1v) is 6.69. The molecule has 2 nitrogen and oxygen atoms in total. The van der Waals surface area contributed by atoms with Crippen LogP contribution in [0.1, 0.15) is 36.5 Å². The molecule has 1 aromatic heterocycles. The smallest absolute Gasteiger partial charge is 0.0856 e. The van der Waals surface area contributed by atoms with Gasteiger partial charge >= 0.3 is 0 Å². The number of H-pyrrole nitrogens is 1.